The number of carbonyl (C=O) groups excluding carboxylic acids is 1. The minimum atomic E-state index is -3.93. The zero-order chi connectivity index (χ0) is 24.6. The maximum Gasteiger partial charge on any atom is 0.303 e. The summed E-state index contributed by atoms with van der Waals surface area (Å²) >= 11 is 0. The predicted octanol–water partition coefficient (Wildman–Crippen LogP) is 3.98. The molecule has 0 bridgehead atoms. The molecule has 34 heavy (non-hydrogen) atoms. The second kappa shape index (κ2) is 8.83. The van der Waals surface area contributed by atoms with Gasteiger partial charge in [0, 0.05) is 29.4 Å². The average molecular weight is 481 g/mol. The largest absolute Gasteiger partial charge is 0.497 e. The lowest BCUT2D eigenvalue weighted by Gasteiger charge is -2.09. The van der Waals surface area contributed by atoms with E-state index in [-0.39, 0.29) is 28.5 Å². The van der Waals surface area contributed by atoms with E-state index in [9.17, 15) is 23.1 Å². The summed E-state index contributed by atoms with van der Waals surface area (Å²) < 4.78 is 32.3. The van der Waals surface area contributed by atoms with E-state index in [0.717, 1.165) is 5.56 Å². The number of benzene rings is 2. The van der Waals surface area contributed by atoms with Crippen LogP contribution in [-0.2, 0) is 25.8 Å². The maximum absolute atomic E-state index is 13.5. The number of aliphatic carboxylic acids is 1. The molecule has 3 aromatic rings. The summed E-state index contributed by atoms with van der Waals surface area (Å²) in [4.78, 5) is 27.3. The summed E-state index contributed by atoms with van der Waals surface area (Å²) in [6.07, 6.45) is 1.30. The van der Waals surface area contributed by atoms with Crippen molar-refractivity contribution in [3.8, 4) is 5.75 Å². The monoisotopic (exact) mass is 480 g/mol. The Morgan fingerprint density at radius 1 is 1.12 bits per heavy atom. The van der Waals surface area contributed by atoms with Gasteiger partial charge in [0.1, 0.15) is 5.75 Å². The number of hydrogen-bond donors (Lipinski definition) is 3. The van der Waals surface area contributed by atoms with Crippen LogP contribution in [0.25, 0.3) is 11.6 Å². The Hall–Kier alpha value is -3.85. The highest BCUT2D eigenvalue weighted by Crippen LogP contribution is 2.38. The van der Waals surface area contributed by atoms with Crippen LogP contribution in [0.3, 0.4) is 0 Å². The van der Waals surface area contributed by atoms with Gasteiger partial charge in [-0.15, -0.1) is 0 Å². The molecule has 0 atom stereocenters. The molecule has 8 nitrogen and oxygen atoms in total. The van der Waals surface area contributed by atoms with E-state index in [4.69, 9.17) is 4.74 Å². The summed E-state index contributed by atoms with van der Waals surface area (Å²) in [6.45, 7) is 3.49. The van der Waals surface area contributed by atoms with Crippen molar-refractivity contribution in [2.24, 2.45) is 0 Å². The van der Waals surface area contributed by atoms with Crippen LogP contribution in [0.4, 0.5) is 5.69 Å². The lowest BCUT2D eigenvalue weighted by atomic mass is 10.0. The first-order chi connectivity index (χ1) is 16.1. The van der Waals surface area contributed by atoms with Crippen molar-refractivity contribution >= 4 is 39.1 Å². The number of rotatable bonds is 7. The second-order valence-electron chi connectivity index (χ2n) is 8.11. The number of carboxylic acids is 1. The SMILES string of the molecule is COc1ccc2c(c1)NC(=O)C2=Cc1[nH]c(C)c(S(=O)(=O)c2ccc(C)cc2)c1CCC(=O)O. The molecule has 1 aromatic heterocycles. The Labute approximate surface area is 197 Å². The van der Waals surface area contributed by atoms with Crippen molar-refractivity contribution in [2.45, 2.75) is 36.5 Å². The molecule has 0 saturated heterocycles. The average Bonchev–Trinajstić information content (AvgIpc) is 3.27. The molecule has 1 amide bonds. The first kappa shape index (κ1) is 23.3. The fourth-order valence-electron chi connectivity index (χ4n) is 4.07. The highest BCUT2D eigenvalue weighted by Gasteiger charge is 2.30. The first-order valence-electron chi connectivity index (χ1n) is 10.6. The number of anilines is 1. The van der Waals surface area contributed by atoms with Gasteiger partial charge in [-0.1, -0.05) is 17.7 Å². The molecule has 0 spiro atoms. The van der Waals surface area contributed by atoms with E-state index in [0.29, 0.717) is 39.5 Å². The minimum absolute atomic E-state index is 0.0176. The Bertz CT molecular complexity index is 1430. The minimum Gasteiger partial charge on any atom is -0.497 e. The molecule has 2 heterocycles. The van der Waals surface area contributed by atoms with Gasteiger partial charge < -0.3 is 20.1 Å². The predicted molar refractivity (Wildman–Crippen MR) is 128 cm³/mol. The number of aromatic nitrogens is 1. The summed E-state index contributed by atoms with van der Waals surface area (Å²) in [6, 6.07) is 11.7. The molecule has 4 rings (SSSR count). The van der Waals surface area contributed by atoms with Gasteiger partial charge in [0.2, 0.25) is 9.84 Å². The van der Waals surface area contributed by atoms with Gasteiger partial charge in [-0.25, -0.2) is 8.42 Å². The summed E-state index contributed by atoms with van der Waals surface area (Å²) in [5.41, 5.74) is 3.59. The number of H-pyrrole nitrogens is 1. The van der Waals surface area contributed by atoms with Gasteiger partial charge in [-0.3, -0.25) is 9.59 Å². The highest BCUT2D eigenvalue weighted by atomic mass is 32.2. The van der Waals surface area contributed by atoms with Crippen molar-refractivity contribution in [2.75, 3.05) is 12.4 Å². The fourth-order valence-corrected chi connectivity index (χ4v) is 5.79. The number of ether oxygens (including phenoxy) is 1. The van der Waals surface area contributed by atoms with Crippen LogP contribution in [0, 0.1) is 13.8 Å². The van der Waals surface area contributed by atoms with Crippen LogP contribution in [0.1, 0.15) is 34.5 Å². The van der Waals surface area contributed by atoms with E-state index >= 15 is 0 Å². The Balaban J connectivity index is 1.87. The van der Waals surface area contributed by atoms with Crippen LogP contribution in [0.5, 0.6) is 5.75 Å². The van der Waals surface area contributed by atoms with E-state index in [1.807, 2.05) is 6.92 Å². The first-order valence-corrected chi connectivity index (χ1v) is 12.1. The normalized spacial score (nSPS) is 14.2. The zero-order valence-electron chi connectivity index (χ0n) is 18.9. The molecule has 1 aliphatic heterocycles. The van der Waals surface area contributed by atoms with Gasteiger partial charge in [-0.2, -0.15) is 0 Å². The molecule has 0 fully saturated rings. The number of hydrogen-bond acceptors (Lipinski definition) is 5. The van der Waals surface area contributed by atoms with E-state index in [2.05, 4.69) is 10.3 Å². The van der Waals surface area contributed by atoms with Gasteiger partial charge in [0.05, 0.1) is 28.2 Å². The van der Waals surface area contributed by atoms with Crippen LogP contribution >= 0.6 is 0 Å². The van der Waals surface area contributed by atoms with Crippen molar-refractivity contribution in [3.63, 3.8) is 0 Å². The molecule has 0 radical (unpaired) electrons. The van der Waals surface area contributed by atoms with E-state index in [1.165, 1.54) is 19.2 Å². The van der Waals surface area contributed by atoms with Crippen molar-refractivity contribution in [1.82, 2.24) is 4.98 Å². The van der Waals surface area contributed by atoms with Crippen molar-refractivity contribution in [3.05, 3.63) is 70.5 Å². The Morgan fingerprint density at radius 2 is 1.82 bits per heavy atom. The maximum atomic E-state index is 13.5. The van der Waals surface area contributed by atoms with Crippen molar-refractivity contribution in [1.29, 1.82) is 0 Å². The molecular weight excluding hydrogens is 456 g/mol. The van der Waals surface area contributed by atoms with Gasteiger partial charge >= 0.3 is 5.97 Å². The van der Waals surface area contributed by atoms with E-state index in [1.54, 1.807) is 43.3 Å². The van der Waals surface area contributed by atoms with Crippen LogP contribution < -0.4 is 10.1 Å². The molecule has 9 heteroatoms. The molecular formula is C25H24N2O6S. The molecule has 176 valence electrons. The number of carboxylic acid groups (broad SMARTS) is 1. The molecule has 2 aromatic carbocycles. The van der Waals surface area contributed by atoms with Crippen LogP contribution in [0.15, 0.2) is 52.3 Å². The molecule has 1 aliphatic rings. The topological polar surface area (TPSA) is 126 Å². The van der Waals surface area contributed by atoms with Gasteiger partial charge in [0.15, 0.2) is 0 Å². The Kier molecular flexibility index (Phi) is 6.05. The lowest BCUT2D eigenvalue weighted by Crippen LogP contribution is -2.08. The van der Waals surface area contributed by atoms with Gasteiger partial charge in [0.25, 0.3) is 5.91 Å². The number of methoxy groups -OCH3 is 1. The smallest absolute Gasteiger partial charge is 0.303 e. The third-order valence-corrected chi connectivity index (χ3v) is 7.73. The quantitative estimate of drug-likeness (QED) is 0.439. The number of fused-ring (bicyclic) bond motifs is 1. The van der Waals surface area contributed by atoms with Crippen molar-refractivity contribution < 1.29 is 27.9 Å². The Morgan fingerprint density at radius 3 is 2.47 bits per heavy atom. The van der Waals surface area contributed by atoms with Gasteiger partial charge in [-0.05, 0) is 56.2 Å². The number of sulfone groups is 1. The summed E-state index contributed by atoms with van der Waals surface area (Å²) in [7, 11) is -2.40. The number of nitrogens with one attached hydrogen (secondary N) is 2. The lowest BCUT2D eigenvalue weighted by molar-refractivity contribution is -0.137. The number of aromatic amines is 1. The fraction of sp³-hybridized carbons (Fsp3) is 0.200. The highest BCUT2D eigenvalue weighted by molar-refractivity contribution is 7.91. The van der Waals surface area contributed by atoms with Crippen LogP contribution in [0.2, 0.25) is 0 Å². The zero-order valence-corrected chi connectivity index (χ0v) is 19.7. The molecule has 0 saturated carbocycles. The molecule has 3 N–H and O–H groups in total. The van der Waals surface area contributed by atoms with Crippen LogP contribution in [-0.4, -0.2) is 37.5 Å². The standard InChI is InChI=1S/C25H24N2O6S/c1-14-4-7-17(8-5-14)34(31,32)24-15(2)26-22(19(24)10-11-23(28)29)13-20-18-9-6-16(33-3)12-21(18)27-25(20)30/h4-9,12-13,26H,10-11H2,1-3H3,(H,27,30)(H,28,29). The summed E-state index contributed by atoms with van der Waals surface area (Å²) in [5, 5.41) is 12.0. The number of amides is 1. The third kappa shape index (κ3) is 4.22. The molecule has 0 unspecified atom stereocenters. The molecule has 0 aliphatic carbocycles. The number of carbonyl (C=O) groups is 2. The van der Waals surface area contributed by atoms with E-state index < -0.39 is 15.8 Å². The summed E-state index contributed by atoms with van der Waals surface area (Å²) in [5.74, 6) is -0.806. The second-order valence-corrected chi connectivity index (χ2v) is 9.99. The number of aryl methyl sites for hydroxylation is 2. The third-order valence-electron chi connectivity index (χ3n) is 5.75.